The maximum Gasteiger partial charge on any atom is 0.420 e. The quantitative estimate of drug-likeness (QED) is 0.340. The zero-order valence-corrected chi connectivity index (χ0v) is 18.8. The number of rotatable bonds is 4. The maximum absolute atomic E-state index is 13.6. The molecule has 4 aromatic heterocycles. The lowest BCUT2D eigenvalue weighted by Gasteiger charge is -2.10. The third kappa shape index (κ3) is 5.55. The van der Waals surface area contributed by atoms with E-state index in [1.54, 1.807) is 30.5 Å². The summed E-state index contributed by atoms with van der Waals surface area (Å²) in [5.41, 5.74) is -1.62. The number of halogens is 4. The van der Waals surface area contributed by atoms with E-state index in [2.05, 4.69) is 15.0 Å². The van der Waals surface area contributed by atoms with E-state index in [1.807, 2.05) is 0 Å². The van der Waals surface area contributed by atoms with Gasteiger partial charge in [0.15, 0.2) is 11.3 Å². The molecule has 0 bridgehead atoms. The summed E-state index contributed by atoms with van der Waals surface area (Å²) in [5, 5.41) is 4.61. The molecule has 33 heavy (non-hydrogen) atoms. The molecule has 0 saturated carbocycles. The van der Waals surface area contributed by atoms with Crippen LogP contribution in [0.4, 0.5) is 18.2 Å². The molecule has 174 valence electrons. The van der Waals surface area contributed by atoms with Crippen LogP contribution in [0.5, 0.6) is 0 Å². The van der Waals surface area contributed by atoms with E-state index in [9.17, 15) is 22.8 Å². The van der Waals surface area contributed by atoms with Gasteiger partial charge in [0.25, 0.3) is 5.91 Å². The van der Waals surface area contributed by atoms with Gasteiger partial charge in [-0.25, -0.2) is 4.98 Å². The Labute approximate surface area is 194 Å². The minimum absolute atomic E-state index is 0.157. The van der Waals surface area contributed by atoms with Crippen molar-refractivity contribution in [1.29, 1.82) is 0 Å². The number of hydrogen-bond donors (Lipinski definition) is 1. The maximum atomic E-state index is 13.6. The normalized spacial score (nSPS) is 11.1. The molecule has 0 atom stereocenters. The number of methoxy groups -OCH3 is 1. The Kier molecular flexibility index (Phi) is 7.44. The van der Waals surface area contributed by atoms with Gasteiger partial charge in [0, 0.05) is 18.2 Å². The lowest BCUT2D eigenvalue weighted by molar-refractivity contribution is -0.140. The summed E-state index contributed by atoms with van der Waals surface area (Å²) in [6.07, 6.45) is -1.53. The molecule has 1 N–H and O–H groups in total. The van der Waals surface area contributed by atoms with Gasteiger partial charge in [-0.1, -0.05) is 18.5 Å². The van der Waals surface area contributed by atoms with Crippen molar-refractivity contribution in [2.24, 2.45) is 0 Å². The molecule has 4 heterocycles. The summed E-state index contributed by atoms with van der Waals surface area (Å²) < 4.78 is 51.2. The summed E-state index contributed by atoms with van der Waals surface area (Å²) in [4.78, 5) is 26.2. The van der Waals surface area contributed by atoms with Gasteiger partial charge in [-0.2, -0.15) is 13.2 Å². The van der Waals surface area contributed by atoms with Gasteiger partial charge < -0.3 is 14.5 Å². The predicted octanol–water partition coefficient (Wildman–Crippen LogP) is 6.15. The molecular formula is C21H17ClF3N3O4S. The van der Waals surface area contributed by atoms with Gasteiger partial charge in [0.1, 0.15) is 10.9 Å². The molecule has 0 aliphatic heterocycles. The first-order valence-electron chi connectivity index (χ1n) is 9.40. The fraction of sp³-hybridized carbons (Fsp3) is 0.190. The van der Waals surface area contributed by atoms with Crippen LogP contribution in [0.25, 0.3) is 17.0 Å². The Morgan fingerprint density at radius 1 is 1.30 bits per heavy atom. The first kappa shape index (κ1) is 24.3. The molecule has 0 fully saturated rings. The van der Waals surface area contributed by atoms with E-state index in [1.165, 1.54) is 37.0 Å². The van der Waals surface area contributed by atoms with Crippen LogP contribution in [-0.2, 0) is 15.7 Å². The number of nitrogens with zero attached hydrogens (tertiary/aromatic N) is 2. The molecule has 1 amide bonds. The number of furan rings is 1. The average Bonchev–Trinajstić information content (AvgIpc) is 3.54. The second kappa shape index (κ2) is 10.1. The molecule has 0 unspecified atom stereocenters. The number of anilines is 1. The van der Waals surface area contributed by atoms with Gasteiger partial charge in [-0.05, 0) is 35.7 Å². The van der Waals surface area contributed by atoms with E-state index >= 15 is 0 Å². The number of carbonyl (C=O) groups is 2. The van der Waals surface area contributed by atoms with Crippen LogP contribution in [0.3, 0.4) is 0 Å². The summed E-state index contributed by atoms with van der Waals surface area (Å²) in [6.45, 7) is 1.76. The number of ether oxygens (including phenoxy) is 1. The highest BCUT2D eigenvalue weighted by Crippen LogP contribution is 2.37. The zero-order valence-electron chi connectivity index (χ0n) is 17.3. The second-order valence-electron chi connectivity index (χ2n) is 6.42. The van der Waals surface area contributed by atoms with E-state index in [-0.39, 0.29) is 28.1 Å². The number of fused-ring (bicyclic) bond motifs is 1. The van der Waals surface area contributed by atoms with Gasteiger partial charge in [-0.3, -0.25) is 14.0 Å². The zero-order chi connectivity index (χ0) is 24.2. The lowest BCUT2D eigenvalue weighted by atomic mass is 10.1. The fourth-order valence-electron chi connectivity index (χ4n) is 2.71. The Bertz CT molecular complexity index is 1250. The van der Waals surface area contributed by atoms with E-state index in [0.29, 0.717) is 11.4 Å². The number of esters is 1. The molecule has 4 aromatic rings. The molecule has 4 rings (SSSR count). The number of aromatic nitrogens is 2. The third-order valence-corrected chi connectivity index (χ3v) is 5.41. The van der Waals surface area contributed by atoms with Crippen molar-refractivity contribution in [3.05, 3.63) is 64.6 Å². The summed E-state index contributed by atoms with van der Waals surface area (Å²) >= 11 is 7.46. The smallest absolute Gasteiger partial charge is 0.420 e. The van der Waals surface area contributed by atoms with Crippen molar-refractivity contribution in [2.45, 2.75) is 19.5 Å². The first-order chi connectivity index (χ1) is 15.7. The number of alkyl halides is 3. The van der Waals surface area contributed by atoms with Crippen molar-refractivity contribution < 1.29 is 31.9 Å². The Balaban J connectivity index is 0.000000454. The topological polar surface area (TPSA) is 85.8 Å². The van der Waals surface area contributed by atoms with Crippen LogP contribution in [-0.4, -0.2) is 28.4 Å². The molecule has 0 radical (unpaired) electrons. The van der Waals surface area contributed by atoms with Crippen molar-refractivity contribution in [3.63, 3.8) is 0 Å². The molecule has 7 nitrogen and oxygen atoms in total. The molecule has 0 aliphatic carbocycles. The van der Waals surface area contributed by atoms with Crippen LogP contribution in [0.1, 0.15) is 29.4 Å². The predicted molar refractivity (Wildman–Crippen MR) is 117 cm³/mol. The highest BCUT2D eigenvalue weighted by Gasteiger charge is 2.36. The Morgan fingerprint density at radius 2 is 2.06 bits per heavy atom. The number of pyridine rings is 1. The van der Waals surface area contributed by atoms with Gasteiger partial charge in [0.05, 0.1) is 23.9 Å². The average molecular weight is 500 g/mol. The van der Waals surface area contributed by atoms with Crippen molar-refractivity contribution in [1.82, 2.24) is 9.38 Å². The van der Waals surface area contributed by atoms with Crippen LogP contribution in [0.2, 0.25) is 5.15 Å². The highest BCUT2D eigenvalue weighted by molar-refractivity contribution is 7.14. The molecular weight excluding hydrogens is 483 g/mol. The highest BCUT2D eigenvalue weighted by atomic mass is 35.5. The van der Waals surface area contributed by atoms with Gasteiger partial charge in [-0.15, -0.1) is 11.3 Å². The van der Waals surface area contributed by atoms with Crippen LogP contribution in [0.15, 0.2) is 52.6 Å². The summed E-state index contributed by atoms with van der Waals surface area (Å²) in [5.74, 6) is -0.620. The van der Waals surface area contributed by atoms with E-state index < -0.39 is 23.3 Å². The molecule has 12 heteroatoms. The summed E-state index contributed by atoms with van der Waals surface area (Å²) in [7, 11) is 1.38. The number of nitrogens with one attached hydrogen (secondary N) is 1. The molecule has 0 spiro atoms. The molecule has 0 aromatic carbocycles. The van der Waals surface area contributed by atoms with E-state index in [0.717, 1.165) is 10.5 Å². The second-order valence-corrected chi connectivity index (χ2v) is 7.73. The standard InChI is InChI=1S/C17H9ClF3N3O2S.C4H8O2/c18-14-13(16(25)22-12-4-2-6-27-12)23-15-10(17(19,20)21)7-9(8-24(14)15)11-3-1-5-26-11;1-3-4(5)6-2/h1-8H,(H,22,25);3H2,1-2H3. The van der Waals surface area contributed by atoms with Crippen LogP contribution < -0.4 is 5.32 Å². The number of thiophene rings is 1. The van der Waals surface area contributed by atoms with Gasteiger partial charge >= 0.3 is 12.1 Å². The monoisotopic (exact) mass is 499 g/mol. The van der Waals surface area contributed by atoms with E-state index in [4.69, 9.17) is 16.0 Å². The number of hydrogen-bond acceptors (Lipinski definition) is 6. The molecule has 0 aliphatic rings. The van der Waals surface area contributed by atoms with Crippen molar-refractivity contribution in [3.8, 4) is 11.3 Å². The third-order valence-electron chi connectivity index (χ3n) is 4.26. The Hall–Kier alpha value is -3.31. The fourth-order valence-corrected chi connectivity index (χ4v) is 3.58. The number of carbonyl (C=O) groups excluding carboxylic acids is 2. The van der Waals surface area contributed by atoms with Crippen molar-refractivity contribution in [2.75, 3.05) is 12.4 Å². The number of imidazole rings is 1. The van der Waals surface area contributed by atoms with Gasteiger partial charge in [0.2, 0.25) is 0 Å². The minimum Gasteiger partial charge on any atom is -0.469 e. The minimum atomic E-state index is -4.69. The SMILES string of the molecule is CCC(=O)OC.O=C(Nc1cccs1)c1nc2c(C(F)(F)F)cc(-c3ccco3)cn2c1Cl. The number of amides is 1. The van der Waals surface area contributed by atoms with Crippen LogP contribution in [0, 0.1) is 0 Å². The van der Waals surface area contributed by atoms with Crippen molar-refractivity contribution >= 4 is 45.5 Å². The molecule has 0 saturated heterocycles. The van der Waals surface area contributed by atoms with Crippen LogP contribution >= 0.6 is 22.9 Å². The summed E-state index contributed by atoms with van der Waals surface area (Å²) in [6, 6.07) is 7.38. The lowest BCUT2D eigenvalue weighted by Crippen LogP contribution is -2.12. The Morgan fingerprint density at radius 3 is 2.58 bits per heavy atom. The largest absolute Gasteiger partial charge is 0.469 e. The first-order valence-corrected chi connectivity index (χ1v) is 10.7.